The van der Waals surface area contributed by atoms with Crippen molar-refractivity contribution in [1.82, 2.24) is 4.98 Å². The summed E-state index contributed by atoms with van der Waals surface area (Å²) >= 11 is 1.51. The summed E-state index contributed by atoms with van der Waals surface area (Å²) in [5, 5.41) is 11.3. The second kappa shape index (κ2) is 7.04. The van der Waals surface area contributed by atoms with Gasteiger partial charge in [-0.05, 0) is 31.1 Å². The Morgan fingerprint density at radius 1 is 1.38 bits per heavy atom. The van der Waals surface area contributed by atoms with E-state index < -0.39 is 5.97 Å². The van der Waals surface area contributed by atoms with Gasteiger partial charge in [0.15, 0.2) is 0 Å². The summed E-state index contributed by atoms with van der Waals surface area (Å²) in [7, 11) is 0. The van der Waals surface area contributed by atoms with E-state index in [2.05, 4.69) is 4.98 Å². The molecule has 1 aromatic carbocycles. The molecule has 21 heavy (non-hydrogen) atoms. The molecule has 2 rings (SSSR count). The third kappa shape index (κ3) is 4.43. The van der Waals surface area contributed by atoms with E-state index in [9.17, 15) is 4.79 Å². The molecule has 0 spiro atoms. The van der Waals surface area contributed by atoms with Crippen LogP contribution in [0.5, 0.6) is 5.75 Å². The molecule has 4 nitrogen and oxygen atoms in total. The summed E-state index contributed by atoms with van der Waals surface area (Å²) in [6, 6.07) is 6.07. The lowest BCUT2D eigenvalue weighted by Gasteiger charge is -2.10. The van der Waals surface area contributed by atoms with Gasteiger partial charge in [-0.3, -0.25) is 0 Å². The SMILES string of the molecule is Cc1cccc(C)c1OCCc1nc(/C=C/C(=O)O)cs1. The molecule has 110 valence electrons. The van der Waals surface area contributed by atoms with Crippen LogP contribution in [0.4, 0.5) is 0 Å². The number of carboxylic acids is 1. The summed E-state index contributed by atoms with van der Waals surface area (Å²) < 4.78 is 5.83. The number of nitrogens with zero attached hydrogens (tertiary/aromatic N) is 1. The van der Waals surface area contributed by atoms with Crippen molar-refractivity contribution in [2.45, 2.75) is 20.3 Å². The van der Waals surface area contributed by atoms with Gasteiger partial charge in [-0.25, -0.2) is 9.78 Å². The summed E-state index contributed by atoms with van der Waals surface area (Å²) in [6.07, 6.45) is 3.29. The van der Waals surface area contributed by atoms with Crippen molar-refractivity contribution < 1.29 is 14.6 Å². The fourth-order valence-corrected chi connectivity index (χ4v) is 2.69. The van der Waals surface area contributed by atoms with Crippen LogP contribution < -0.4 is 4.74 Å². The van der Waals surface area contributed by atoms with E-state index in [1.54, 1.807) is 0 Å². The summed E-state index contributed by atoms with van der Waals surface area (Å²) in [5.74, 6) is -0.0389. The number of ether oxygens (including phenoxy) is 1. The standard InChI is InChI=1S/C16H17NO3S/c1-11-4-3-5-12(2)16(11)20-9-8-14-17-13(10-21-14)6-7-15(18)19/h3-7,10H,8-9H2,1-2H3,(H,18,19)/b7-6+. The number of rotatable bonds is 6. The fraction of sp³-hybridized carbons (Fsp3) is 0.250. The van der Waals surface area contributed by atoms with E-state index >= 15 is 0 Å². The van der Waals surface area contributed by atoms with Crippen LogP contribution in [0.2, 0.25) is 0 Å². The van der Waals surface area contributed by atoms with E-state index in [1.165, 1.54) is 17.4 Å². The minimum atomic E-state index is -0.970. The Hall–Kier alpha value is -2.14. The minimum Gasteiger partial charge on any atom is -0.493 e. The highest BCUT2D eigenvalue weighted by Crippen LogP contribution is 2.22. The Morgan fingerprint density at radius 3 is 2.76 bits per heavy atom. The van der Waals surface area contributed by atoms with E-state index in [0.717, 1.165) is 28.0 Å². The van der Waals surface area contributed by atoms with Crippen molar-refractivity contribution in [2.24, 2.45) is 0 Å². The third-order valence-corrected chi connectivity index (χ3v) is 3.86. The lowest BCUT2D eigenvalue weighted by Crippen LogP contribution is -2.03. The zero-order chi connectivity index (χ0) is 15.2. The summed E-state index contributed by atoms with van der Waals surface area (Å²) in [4.78, 5) is 14.8. The molecule has 1 heterocycles. The molecular weight excluding hydrogens is 286 g/mol. The number of aromatic nitrogens is 1. The van der Waals surface area contributed by atoms with E-state index in [4.69, 9.17) is 9.84 Å². The predicted octanol–water partition coefficient (Wildman–Crippen LogP) is 3.48. The van der Waals surface area contributed by atoms with Crippen LogP contribution in [0.15, 0.2) is 29.7 Å². The van der Waals surface area contributed by atoms with Gasteiger partial charge in [-0.15, -0.1) is 11.3 Å². The highest BCUT2D eigenvalue weighted by Gasteiger charge is 2.05. The molecule has 0 saturated heterocycles. The van der Waals surface area contributed by atoms with Crippen LogP contribution >= 0.6 is 11.3 Å². The van der Waals surface area contributed by atoms with Gasteiger partial charge < -0.3 is 9.84 Å². The smallest absolute Gasteiger partial charge is 0.328 e. The van der Waals surface area contributed by atoms with E-state index in [1.807, 2.05) is 37.4 Å². The van der Waals surface area contributed by atoms with Crippen molar-refractivity contribution in [1.29, 1.82) is 0 Å². The molecule has 5 heteroatoms. The number of carbonyl (C=O) groups is 1. The van der Waals surface area contributed by atoms with Crippen LogP contribution in [0.25, 0.3) is 6.08 Å². The maximum absolute atomic E-state index is 10.4. The Bertz CT molecular complexity index is 641. The third-order valence-electron chi connectivity index (χ3n) is 2.94. The highest BCUT2D eigenvalue weighted by molar-refractivity contribution is 7.09. The first-order valence-corrected chi connectivity index (χ1v) is 7.48. The molecule has 0 unspecified atom stereocenters. The Labute approximate surface area is 127 Å². The van der Waals surface area contributed by atoms with Gasteiger partial charge in [0.25, 0.3) is 0 Å². The molecule has 0 radical (unpaired) electrons. The molecule has 0 atom stereocenters. The Morgan fingerprint density at radius 2 is 2.10 bits per heavy atom. The minimum absolute atomic E-state index is 0.557. The van der Waals surface area contributed by atoms with Gasteiger partial charge in [0.2, 0.25) is 0 Å². The first kappa shape index (κ1) is 15.3. The number of aliphatic carboxylic acids is 1. The Balaban J connectivity index is 1.91. The largest absolute Gasteiger partial charge is 0.493 e. The number of hydrogen-bond acceptors (Lipinski definition) is 4. The number of carboxylic acid groups (broad SMARTS) is 1. The predicted molar refractivity (Wildman–Crippen MR) is 83.9 cm³/mol. The average molecular weight is 303 g/mol. The van der Waals surface area contributed by atoms with Crippen LogP contribution in [0, 0.1) is 13.8 Å². The topological polar surface area (TPSA) is 59.4 Å². The monoisotopic (exact) mass is 303 g/mol. The highest BCUT2D eigenvalue weighted by atomic mass is 32.1. The van der Waals surface area contributed by atoms with Crippen LogP contribution in [-0.4, -0.2) is 22.7 Å². The molecule has 0 aliphatic carbocycles. The van der Waals surface area contributed by atoms with Gasteiger partial charge >= 0.3 is 5.97 Å². The van der Waals surface area contributed by atoms with E-state index in [0.29, 0.717) is 18.7 Å². The number of para-hydroxylation sites is 1. The molecule has 0 amide bonds. The average Bonchev–Trinajstić information content (AvgIpc) is 2.88. The van der Waals surface area contributed by atoms with Gasteiger partial charge in [0.1, 0.15) is 5.75 Å². The van der Waals surface area contributed by atoms with Crippen molar-refractivity contribution in [3.63, 3.8) is 0 Å². The Kier molecular flexibility index (Phi) is 5.11. The fourth-order valence-electron chi connectivity index (χ4n) is 1.94. The van der Waals surface area contributed by atoms with Crippen LogP contribution in [-0.2, 0) is 11.2 Å². The number of aryl methyl sites for hydroxylation is 2. The number of hydrogen-bond donors (Lipinski definition) is 1. The van der Waals surface area contributed by atoms with Crippen molar-refractivity contribution in [3.8, 4) is 5.75 Å². The molecule has 0 aliphatic rings. The van der Waals surface area contributed by atoms with Crippen molar-refractivity contribution >= 4 is 23.4 Å². The molecular formula is C16H17NO3S. The van der Waals surface area contributed by atoms with Crippen molar-refractivity contribution in [2.75, 3.05) is 6.61 Å². The van der Waals surface area contributed by atoms with Gasteiger partial charge in [-0.2, -0.15) is 0 Å². The second-order valence-electron chi connectivity index (χ2n) is 4.66. The van der Waals surface area contributed by atoms with E-state index in [-0.39, 0.29) is 0 Å². The second-order valence-corrected chi connectivity index (χ2v) is 5.60. The van der Waals surface area contributed by atoms with Crippen LogP contribution in [0.3, 0.4) is 0 Å². The lowest BCUT2D eigenvalue weighted by molar-refractivity contribution is -0.131. The maximum Gasteiger partial charge on any atom is 0.328 e. The molecule has 0 aliphatic heterocycles. The molecule has 0 fully saturated rings. The number of benzene rings is 1. The van der Waals surface area contributed by atoms with Gasteiger partial charge in [0, 0.05) is 17.9 Å². The quantitative estimate of drug-likeness (QED) is 0.830. The first-order chi connectivity index (χ1) is 10.1. The number of thiazole rings is 1. The van der Waals surface area contributed by atoms with Gasteiger partial charge in [-0.1, -0.05) is 18.2 Å². The molecule has 0 saturated carbocycles. The molecule has 0 bridgehead atoms. The molecule has 2 aromatic rings. The molecule has 1 aromatic heterocycles. The zero-order valence-corrected chi connectivity index (χ0v) is 12.8. The summed E-state index contributed by atoms with van der Waals surface area (Å²) in [6.45, 7) is 4.61. The summed E-state index contributed by atoms with van der Waals surface area (Å²) in [5.41, 5.74) is 2.92. The molecule has 1 N–H and O–H groups in total. The lowest BCUT2D eigenvalue weighted by atomic mass is 10.1. The van der Waals surface area contributed by atoms with Crippen LogP contribution in [0.1, 0.15) is 21.8 Å². The zero-order valence-electron chi connectivity index (χ0n) is 12.0. The van der Waals surface area contributed by atoms with Crippen molar-refractivity contribution in [3.05, 3.63) is 51.5 Å². The van der Waals surface area contributed by atoms with Gasteiger partial charge in [0.05, 0.1) is 17.3 Å². The first-order valence-electron chi connectivity index (χ1n) is 6.60. The normalized spacial score (nSPS) is 11.0. The maximum atomic E-state index is 10.4.